The second kappa shape index (κ2) is 12.4. The van der Waals surface area contributed by atoms with Crippen LogP contribution in [0.4, 0.5) is 0 Å². The van der Waals surface area contributed by atoms with Crippen molar-refractivity contribution in [1.29, 1.82) is 0 Å². The zero-order chi connectivity index (χ0) is 33.5. The highest BCUT2D eigenvalue weighted by atomic mass is 16.3. The first kappa shape index (κ1) is 33.3. The monoisotopic (exact) mass is 656 g/mol. The predicted octanol–water partition coefficient (Wildman–Crippen LogP) is 6.69. The molecular formula is C42H60N2O4. The Balaban J connectivity index is 0.995. The number of aliphatic hydroxyl groups is 4. The van der Waals surface area contributed by atoms with Gasteiger partial charge in [0.1, 0.15) is 0 Å². The molecule has 6 nitrogen and oxygen atoms in total. The topological polar surface area (TPSA) is 97.1 Å². The molecule has 4 N–H and O–H groups in total. The minimum atomic E-state index is -0.738. The van der Waals surface area contributed by atoms with Gasteiger partial charge in [-0.05, 0) is 153 Å². The number of benzene rings is 1. The molecular weight excluding hydrogens is 596 g/mol. The zero-order valence-electron chi connectivity index (χ0n) is 29.6. The van der Waals surface area contributed by atoms with Gasteiger partial charge in [0.25, 0.3) is 0 Å². The van der Waals surface area contributed by atoms with Crippen molar-refractivity contribution in [1.82, 2.24) is 9.88 Å². The SMILES string of the molecule is C=C[C@H]1CN2CC[C@H]1C[C@H]2[C@H](O)c1cc(CC[C@@H](C)[C@H]2CC[C@H]3[C@@H]4[C@H](O)[C@H](O)[C@@H]5C[C@H](O)CC[C@]5(C)[C@H]4CC[C@]23C)nc2ccccc12. The quantitative estimate of drug-likeness (QED) is 0.248. The molecule has 2 bridgehead atoms. The van der Waals surface area contributed by atoms with E-state index in [4.69, 9.17) is 4.98 Å². The molecule has 9 rings (SSSR count). The minimum Gasteiger partial charge on any atom is -0.393 e. The molecule has 4 heterocycles. The number of aromatic nitrogens is 1. The lowest BCUT2D eigenvalue weighted by atomic mass is 9.43. The Morgan fingerprint density at radius 3 is 2.50 bits per heavy atom. The van der Waals surface area contributed by atoms with Crippen LogP contribution in [0.25, 0.3) is 10.9 Å². The van der Waals surface area contributed by atoms with Gasteiger partial charge in [0.15, 0.2) is 0 Å². The number of piperidine rings is 3. The summed E-state index contributed by atoms with van der Waals surface area (Å²) in [4.78, 5) is 7.64. The van der Waals surface area contributed by atoms with Crippen LogP contribution in [-0.2, 0) is 6.42 Å². The first-order valence-corrected chi connectivity index (χ1v) is 19.5. The molecule has 0 amide bonds. The van der Waals surface area contributed by atoms with Gasteiger partial charge in [0.05, 0.1) is 29.9 Å². The van der Waals surface area contributed by atoms with E-state index in [-0.39, 0.29) is 34.8 Å². The van der Waals surface area contributed by atoms with Crippen molar-refractivity contribution >= 4 is 10.9 Å². The van der Waals surface area contributed by atoms with Crippen molar-refractivity contribution in [3.63, 3.8) is 0 Å². The number of hydrogen-bond donors (Lipinski definition) is 4. The summed E-state index contributed by atoms with van der Waals surface area (Å²) in [5.41, 5.74) is 3.26. The van der Waals surface area contributed by atoms with Crippen molar-refractivity contribution < 1.29 is 20.4 Å². The Morgan fingerprint density at radius 2 is 1.73 bits per heavy atom. The summed E-state index contributed by atoms with van der Waals surface area (Å²) in [6.45, 7) is 13.5. The largest absolute Gasteiger partial charge is 0.393 e. The van der Waals surface area contributed by atoms with Crippen molar-refractivity contribution in [3.8, 4) is 0 Å². The van der Waals surface area contributed by atoms with Crippen LogP contribution in [0.1, 0.15) is 102 Å². The van der Waals surface area contributed by atoms with Crippen molar-refractivity contribution in [2.45, 2.75) is 122 Å². The van der Waals surface area contributed by atoms with Gasteiger partial charge in [-0.3, -0.25) is 9.88 Å². The third-order valence-electron chi connectivity index (χ3n) is 16.0. The second-order valence-corrected chi connectivity index (χ2v) is 18.0. The Bertz CT molecular complexity index is 1510. The number of pyridine rings is 1. The summed E-state index contributed by atoms with van der Waals surface area (Å²) in [7, 11) is 0. The zero-order valence-corrected chi connectivity index (χ0v) is 29.6. The molecule has 1 unspecified atom stereocenters. The third kappa shape index (κ3) is 5.17. The lowest BCUT2D eigenvalue weighted by molar-refractivity contribution is -0.223. The van der Waals surface area contributed by atoms with E-state index < -0.39 is 18.3 Å². The van der Waals surface area contributed by atoms with E-state index in [1.54, 1.807) is 0 Å². The molecule has 4 aliphatic carbocycles. The van der Waals surface area contributed by atoms with Crippen LogP contribution in [0.5, 0.6) is 0 Å². The Kier molecular flexibility index (Phi) is 8.64. The van der Waals surface area contributed by atoms with Gasteiger partial charge in [-0.1, -0.05) is 45.0 Å². The standard InChI is InChI=1S/C42H60N2O4/c1-5-25-23-44-19-16-26(25)20-36(44)38(46)30-21-27(43-35-9-7-6-8-29(30)35)11-10-24(2)31-12-13-32-37-33(15-18-41(31,32)3)42(4)17-14-28(45)22-34(42)39(47)40(37)48/h5-9,21,24-26,28,31-34,36-40,45-48H,1,10-20,22-23H2,2-4H3/t24-,25+,26+,28-,31-,32+,33+,34+,36+,37+,38-,39-,40+,41-,42-/m1/s1. The van der Waals surface area contributed by atoms with Crippen molar-refractivity contribution in [2.24, 2.45) is 58.2 Å². The fourth-order valence-electron chi connectivity index (χ4n) is 13.3. The van der Waals surface area contributed by atoms with Crippen LogP contribution in [0.3, 0.4) is 0 Å². The normalized spacial score (nSPS) is 46.4. The average Bonchev–Trinajstić information content (AvgIpc) is 3.46. The molecule has 2 aromatic rings. The summed E-state index contributed by atoms with van der Waals surface area (Å²) in [5, 5.41) is 46.6. The summed E-state index contributed by atoms with van der Waals surface area (Å²) >= 11 is 0. The van der Waals surface area contributed by atoms with Crippen molar-refractivity contribution in [2.75, 3.05) is 13.1 Å². The lowest BCUT2D eigenvalue weighted by Crippen LogP contribution is -2.64. The van der Waals surface area contributed by atoms with Crippen LogP contribution in [0, 0.1) is 58.2 Å². The van der Waals surface area contributed by atoms with Crippen LogP contribution >= 0.6 is 0 Å². The van der Waals surface area contributed by atoms with E-state index >= 15 is 0 Å². The number of aryl methyl sites for hydroxylation is 1. The molecule has 262 valence electrons. The van der Waals surface area contributed by atoms with Crippen LogP contribution in [0.15, 0.2) is 43.0 Å². The van der Waals surface area contributed by atoms with Gasteiger partial charge in [-0.25, -0.2) is 0 Å². The van der Waals surface area contributed by atoms with Gasteiger partial charge in [0.2, 0.25) is 0 Å². The average molecular weight is 657 g/mol. The van der Waals surface area contributed by atoms with Gasteiger partial charge in [-0.15, -0.1) is 6.58 Å². The van der Waals surface area contributed by atoms with Crippen LogP contribution in [-0.4, -0.2) is 67.8 Å². The molecule has 1 aromatic carbocycles. The van der Waals surface area contributed by atoms with E-state index in [0.29, 0.717) is 41.9 Å². The summed E-state index contributed by atoms with van der Waals surface area (Å²) in [6, 6.07) is 10.7. The molecule has 0 spiro atoms. The van der Waals surface area contributed by atoms with E-state index in [0.717, 1.165) is 80.2 Å². The van der Waals surface area contributed by atoms with Gasteiger partial charge in [0, 0.05) is 23.7 Å². The highest BCUT2D eigenvalue weighted by Crippen LogP contribution is 2.68. The van der Waals surface area contributed by atoms with Crippen LogP contribution in [0.2, 0.25) is 0 Å². The molecule has 7 fully saturated rings. The molecule has 3 aliphatic heterocycles. The van der Waals surface area contributed by atoms with Gasteiger partial charge in [-0.2, -0.15) is 0 Å². The smallest absolute Gasteiger partial charge is 0.0952 e. The lowest BCUT2D eigenvalue weighted by Gasteiger charge is -2.63. The number of nitrogens with zero attached hydrogens (tertiary/aromatic N) is 2. The molecule has 1 aromatic heterocycles. The van der Waals surface area contributed by atoms with Gasteiger partial charge >= 0.3 is 0 Å². The molecule has 3 saturated heterocycles. The second-order valence-electron chi connectivity index (χ2n) is 18.0. The first-order chi connectivity index (χ1) is 23.0. The first-order valence-electron chi connectivity index (χ1n) is 19.5. The molecule has 7 aliphatic rings. The highest BCUT2D eigenvalue weighted by molar-refractivity contribution is 5.82. The minimum absolute atomic E-state index is 0.000845. The van der Waals surface area contributed by atoms with Gasteiger partial charge < -0.3 is 20.4 Å². The fourth-order valence-corrected chi connectivity index (χ4v) is 13.3. The molecule has 0 radical (unpaired) electrons. The maximum atomic E-state index is 12.0. The van der Waals surface area contributed by atoms with E-state index in [2.05, 4.69) is 68.7 Å². The highest BCUT2D eigenvalue weighted by Gasteiger charge is 2.65. The van der Waals surface area contributed by atoms with E-state index in [1.807, 2.05) is 0 Å². The van der Waals surface area contributed by atoms with Crippen LogP contribution < -0.4 is 0 Å². The number of hydrogen-bond acceptors (Lipinski definition) is 6. The number of fused-ring (bicyclic) bond motifs is 9. The van der Waals surface area contributed by atoms with E-state index in [1.165, 1.54) is 19.3 Å². The predicted molar refractivity (Wildman–Crippen MR) is 190 cm³/mol. The maximum absolute atomic E-state index is 12.0. The number of aliphatic hydroxyl groups excluding tert-OH is 4. The summed E-state index contributed by atoms with van der Waals surface area (Å²) in [5.74, 6) is 3.24. The fraction of sp³-hybridized carbons (Fsp3) is 0.738. The van der Waals surface area contributed by atoms with Crippen molar-refractivity contribution in [3.05, 3.63) is 54.2 Å². The third-order valence-corrected chi connectivity index (χ3v) is 16.0. The maximum Gasteiger partial charge on any atom is 0.0952 e. The number of rotatable bonds is 7. The Hall–Kier alpha value is -1.83. The summed E-state index contributed by atoms with van der Waals surface area (Å²) in [6.07, 6.45) is 11.0. The summed E-state index contributed by atoms with van der Waals surface area (Å²) < 4.78 is 0. The number of para-hydroxylation sites is 1. The molecule has 6 heteroatoms. The molecule has 48 heavy (non-hydrogen) atoms. The van der Waals surface area contributed by atoms with E-state index in [9.17, 15) is 20.4 Å². The Labute approximate surface area is 288 Å². The Morgan fingerprint density at radius 1 is 0.958 bits per heavy atom. The molecule has 16 atom stereocenters. The molecule has 4 saturated carbocycles.